The van der Waals surface area contributed by atoms with E-state index in [-0.39, 0.29) is 6.42 Å². The normalized spacial score (nSPS) is 27.8. The van der Waals surface area contributed by atoms with E-state index in [2.05, 4.69) is 10.6 Å². The summed E-state index contributed by atoms with van der Waals surface area (Å²) in [7, 11) is 0. The second-order valence-corrected chi connectivity index (χ2v) is 8.78. The molecule has 0 bridgehead atoms. The van der Waals surface area contributed by atoms with Crippen molar-refractivity contribution in [3.05, 3.63) is 72.3 Å². The van der Waals surface area contributed by atoms with Gasteiger partial charge in [0.1, 0.15) is 5.54 Å². The van der Waals surface area contributed by atoms with E-state index in [1.807, 2.05) is 30.3 Å². The number of fused-ring (bicyclic) bond motifs is 5. The lowest BCUT2D eigenvalue weighted by Crippen LogP contribution is -2.53. The third-order valence-electron chi connectivity index (χ3n) is 7.03. The number of nitrogens with two attached hydrogens (primary N) is 1. The first-order valence-electron chi connectivity index (χ1n) is 10.8. The molecule has 4 atom stereocenters. The highest BCUT2D eigenvalue weighted by Gasteiger charge is 2.70. The molecule has 6 rings (SSSR count). The highest BCUT2D eigenvalue weighted by atomic mass is 16.2. The molecule has 0 aromatic heterocycles. The number of para-hydroxylation sites is 1. The molecule has 33 heavy (non-hydrogen) atoms. The number of carbonyl (C=O) groups is 4. The van der Waals surface area contributed by atoms with Crippen molar-refractivity contribution in [3.8, 4) is 0 Å². The van der Waals surface area contributed by atoms with E-state index in [1.54, 1.807) is 36.4 Å². The second kappa shape index (κ2) is 6.73. The number of nitrogens with zero attached hydrogens (tertiary/aromatic N) is 1. The number of anilines is 2. The summed E-state index contributed by atoms with van der Waals surface area (Å²) < 4.78 is 0. The molecule has 8 nitrogen and oxygen atoms in total. The summed E-state index contributed by atoms with van der Waals surface area (Å²) in [6.07, 6.45) is -0.164. The van der Waals surface area contributed by atoms with Crippen LogP contribution in [-0.2, 0) is 24.7 Å². The number of hydrogen-bond acceptors (Lipinski definition) is 5. The molecule has 4 N–H and O–H groups in total. The lowest BCUT2D eigenvalue weighted by Gasteiger charge is -2.29. The van der Waals surface area contributed by atoms with Crippen molar-refractivity contribution in [1.82, 2.24) is 5.32 Å². The van der Waals surface area contributed by atoms with Crippen molar-refractivity contribution in [1.29, 1.82) is 0 Å². The first-order chi connectivity index (χ1) is 15.9. The van der Waals surface area contributed by atoms with E-state index in [0.29, 0.717) is 16.9 Å². The minimum Gasteiger partial charge on any atom is -0.370 e. The molecule has 2 fully saturated rings. The molecule has 0 unspecified atom stereocenters. The van der Waals surface area contributed by atoms with Crippen LogP contribution < -0.4 is 21.3 Å². The van der Waals surface area contributed by atoms with E-state index in [4.69, 9.17) is 5.73 Å². The highest BCUT2D eigenvalue weighted by Crippen LogP contribution is 2.53. The van der Waals surface area contributed by atoms with Crippen molar-refractivity contribution in [2.45, 2.75) is 18.0 Å². The Bertz CT molecular complexity index is 1390. The number of primary amides is 1. The average Bonchev–Trinajstić information content (AvgIpc) is 3.37. The molecule has 0 saturated carbocycles. The fraction of sp³-hybridized carbons (Fsp3) is 0.200. The molecular formula is C25H20N4O4. The zero-order valence-corrected chi connectivity index (χ0v) is 17.4. The van der Waals surface area contributed by atoms with Gasteiger partial charge in [-0.05, 0) is 29.0 Å². The molecule has 0 aliphatic carbocycles. The lowest BCUT2D eigenvalue weighted by atomic mass is 9.76. The van der Waals surface area contributed by atoms with Crippen LogP contribution in [0.25, 0.3) is 10.8 Å². The first-order valence-corrected chi connectivity index (χ1v) is 10.8. The van der Waals surface area contributed by atoms with Gasteiger partial charge in [-0.2, -0.15) is 0 Å². The fourth-order valence-corrected chi connectivity index (χ4v) is 5.72. The van der Waals surface area contributed by atoms with Gasteiger partial charge in [0.05, 0.1) is 17.5 Å². The molecule has 3 aromatic carbocycles. The summed E-state index contributed by atoms with van der Waals surface area (Å²) in [4.78, 5) is 53.8. The largest absolute Gasteiger partial charge is 0.370 e. The number of hydrogen-bond donors (Lipinski definition) is 3. The van der Waals surface area contributed by atoms with Crippen LogP contribution in [0.5, 0.6) is 0 Å². The number of imide groups is 1. The summed E-state index contributed by atoms with van der Waals surface area (Å²) in [5.41, 5.74) is 5.65. The van der Waals surface area contributed by atoms with Crippen LogP contribution in [0.3, 0.4) is 0 Å². The van der Waals surface area contributed by atoms with Crippen molar-refractivity contribution in [2.24, 2.45) is 17.6 Å². The smallest absolute Gasteiger partial charge is 0.250 e. The van der Waals surface area contributed by atoms with Crippen molar-refractivity contribution in [2.75, 3.05) is 10.2 Å². The molecule has 1 spiro atoms. The zero-order chi connectivity index (χ0) is 22.9. The molecule has 3 aliphatic rings. The number of rotatable bonds is 3. The Morgan fingerprint density at radius 2 is 1.67 bits per heavy atom. The number of carbonyl (C=O) groups excluding carboxylic acids is 4. The summed E-state index contributed by atoms with van der Waals surface area (Å²) in [5.74, 6) is -3.82. The third-order valence-corrected chi connectivity index (χ3v) is 7.03. The van der Waals surface area contributed by atoms with Gasteiger partial charge in [-0.3, -0.25) is 24.5 Å². The Balaban J connectivity index is 1.51. The molecule has 8 heteroatoms. The molecule has 0 radical (unpaired) electrons. The first kappa shape index (κ1) is 19.6. The van der Waals surface area contributed by atoms with Gasteiger partial charge >= 0.3 is 0 Å². The maximum Gasteiger partial charge on any atom is 0.250 e. The van der Waals surface area contributed by atoms with Crippen LogP contribution in [0.2, 0.25) is 0 Å². The quantitative estimate of drug-likeness (QED) is 0.535. The Kier molecular flexibility index (Phi) is 4.00. The van der Waals surface area contributed by atoms with Gasteiger partial charge in [-0.15, -0.1) is 0 Å². The standard InChI is InChI=1S/C25H20N4O4/c26-19(30)12-18-20-21(25(28-18)16-7-3-4-8-17(16)27-24(25)33)23(32)29(22(20)31)15-10-9-13-5-1-2-6-14(13)11-15/h1-11,18,20-21,28H,12H2,(H2,26,30)(H,27,33)/t18-,20-,21-,25-/m0/s1. The Morgan fingerprint density at radius 1 is 0.939 bits per heavy atom. The minimum absolute atomic E-state index is 0.164. The third kappa shape index (κ3) is 2.55. The minimum atomic E-state index is -1.44. The van der Waals surface area contributed by atoms with Crippen molar-refractivity contribution < 1.29 is 19.2 Å². The Morgan fingerprint density at radius 3 is 2.45 bits per heavy atom. The molecule has 2 saturated heterocycles. The summed E-state index contributed by atoms with van der Waals surface area (Å²) >= 11 is 0. The predicted molar refractivity (Wildman–Crippen MR) is 121 cm³/mol. The lowest BCUT2D eigenvalue weighted by molar-refractivity contribution is -0.130. The maximum atomic E-state index is 13.9. The highest BCUT2D eigenvalue weighted by molar-refractivity contribution is 6.26. The van der Waals surface area contributed by atoms with E-state index in [9.17, 15) is 19.2 Å². The van der Waals surface area contributed by atoms with Gasteiger partial charge < -0.3 is 11.1 Å². The van der Waals surface area contributed by atoms with Gasteiger partial charge in [-0.25, -0.2) is 4.90 Å². The van der Waals surface area contributed by atoms with Crippen molar-refractivity contribution >= 4 is 45.8 Å². The van der Waals surface area contributed by atoms with Crippen LogP contribution in [0.4, 0.5) is 11.4 Å². The molecule has 3 heterocycles. The van der Waals surface area contributed by atoms with E-state index in [0.717, 1.165) is 15.7 Å². The topological polar surface area (TPSA) is 122 Å². The molecule has 3 aromatic rings. The van der Waals surface area contributed by atoms with Crippen LogP contribution >= 0.6 is 0 Å². The summed E-state index contributed by atoms with van der Waals surface area (Å²) in [5, 5.41) is 7.89. The van der Waals surface area contributed by atoms with Crippen LogP contribution in [-0.4, -0.2) is 29.7 Å². The summed E-state index contributed by atoms with van der Waals surface area (Å²) in [6, 6.07) is 19.4. The number of nitrogens with one attached hydrogen (secondary N) is 2. The molecule has 164 valence electrons. The Hall–Kier alpha value is -4.04. The van der Waals surface area contributed by atoms with Gasteiger partial charge in [-0.1, -0.05) is 48.5 Å². The van der Waals surface area contributed by atoms with Gasteiger partial charge in [0.2, 0.25) is 23.6 Å². The SMILES string of the molecule is NC(=O)C[C@@H]1N[C@]2(C(=O)Nc3ccccc32)[C@@H]2C(=O)N(c3ccc4ccccc4c3)C(=O)[C@@H]12. The predicted octanol–water partition coefficient (Wildman–Crippen LogP) is 1.64. The monoisotopic (exact) mass is 440 g/mol. The molecular weight excluding hydrogens is 420 g/mol. The molecule has 4 amide bonds. The Labute approximate surface area is 188 Å². The maximum absolute atomic E-state index is 13.9. The van der Waals surface area contributed by atoms with Crippen LogP contribution in [0, 0.1) is 11.8 Å². The molecule has 3 aliphatic heterocycles. The van der Waals surface area contributed by atoms with E-state index in [1.165, 1.54) is 0 Å². The average molecular weight is 440 g/mol. The van der Waals surface area contributed by atoms with Crippen LogP contribution in [0.15, 0.2) is 66.7 Å². The van der Waals surface area contributed by atoms with Crippen LogP contribution in [0.1, 0.15) is 12.0 Å². The number of amides is 4. The van der Waals surface area contributed by atoms with Gasteiger partial charge in [0.15, 0.2) is 0 Å². The van der Waals surface area contributed by atoms with Gasteiger partial charge in [0.25, 0.3) is 0 Å². The van der Waals surface area contributed by atoms with Crippen molar-refractivity contribution in [3.63, 3.8) is 0 Å². The van der Waals surface area contributed by atoms with Gasteiger partial charge in [0, 0.05) is 23.7 Å². The fourth-order valence-electron chi connectivity index (χ4n) is 5.72. The summed E-state index contributed by atoms with van der Waals surface area (Å²) in [6.45, 7) is 0. The second-order valence-electron chi connectivity index (χ2n) is 8.78. The number of benzene rings is 3. The van der Waals surface area contributed by atoms with E-state index < -0.39 is 47.0 Å². The zero-order valence-electron chi connectivity index (χ0n) is 17.4. The van der Waals surface area contributed by atoms with E-state index >= 15 is 0 Å².